The number of aromatic nitrogens is 2. The van der Waals surface area contributed by atoms with Crippen molar-refractivity contribution in [3.05, 3.63) is 6.33 Å². The first-order valence-electron chi connectivity index (χ1n) is 7.03. The lowest BCUT2D eigenvalue weighted by Crippen LogP contribution is -2.13. The van der Waals surface area contributed by atoms with Crippen LogP contribution in [-0.2, 0) is 9.53 Å². The number of thioether (sulfide) groups is 1. The fourth-order valence-corrected chi connectivity index (χ4v) is 3.14. The first kappa shape index (κ1) is 15.9. The van der Waals surface area contributed by atoms with E-state index >= 15 is 0 Å². The van der Waals surface area contributed by atoms with E-state index < -0.39 is 0 Å². The molecule has 1 aromatic heterocycles. The Morgan fingerprint density at radius 1 is 1.48 bits per heavy atom. The fourth-order valence-electron chi connectivity index (χ4n) is 1.94. The number of carbonyl (C=O) groups is 1. The minimum Gasteiger partial charge on any atom is -0.476 e. The number of carbonyl (C=O) groups excluding carboxylic acids is 1. The summed E-state index contributed by atoms with van der Waals surface area (Å²) in [6.45, 7) is 2.61. The molecule has 1 saturated carbocycles. The van der Waals surface area contributed by atoms with Crippen LogP contribution in [0.3, 0.4) is 0 Å². The van der Waals surface area contributed by atoms with Gasteiger partial charge < -0.3 is 15.2 Å². The summed E-state index contributed by atoms with van der Waals surface area (Å²) in [6.07, 6.45) is 4.90. The van der Waals surface area contributed by atoms with Crippen LogP contribution in [0.25, 0.3) is 0 Å². The van der Waals surface area contributed by atoms with E-state index in [1.165, 1.54) is 13.4 Å². The van der Waals surface area contributed by atoms with Gasteiger partial charge in [0, 0.05) is 5.75 Å². The largest absolute Gasteiger partial charge is 0.476 e. The smallest absolute Gasteiger partial charge is 0.306 e. The van der Waals surface area contributed by atoms with Crippen molar-refractivity contribution >= 4 is 23.4 Å². The molecule has 1 aliphatic carbocycles. The van der Waals surface area contributed by atoms with E-state index in [1.807, 2.05) is 6.92 Å². The zero-order valence-corrected chi connectivity index (χ0v) is 13.2. The molecule has 1 aromatic rings. The van der Waals surface area contributed by atoms with Crippen molar-refractivity contribution in [2.24, 2.45) is 5.41 Å². The van der Waals surface area contributed by atoms with Gasteiger partial charge in [-0.2, -0.15) is 4.98 Å². The van der Waals surface area contributed by atoms with Crippen molar-refractivity contribution < 1.29 is 14.3 Å². The predicted molar refractivity (Wildman–Crippen MR) is 81.3 cm³/mol. The van der Waals surface area contributed by atoms with Crippen LogP contribution in [0.1, 0.15) is 32.6 Å². The highest BCUT2D eigenvalue weighted by Crippen LogP contribution is 2.52. The standard InChI is InChI=1S/C14H21N3O3S/c1-3-6-20-12-11(15)13(17-9-16-12)21-8-14(4-5-14)7-10(18)19-2/h9H,3-8,15H2,1-2H3. The van der Waals surface area contributed by atoms with Gasteiger partial charge in [0.2, 0.25) is 5.88 Å². The average molecular weight is 311 g/mol. The molecule has 6 nitrogen and oxygen atoms in total. The van der Waals surface area contributed by atoms with E-state index in [1.54, 1.807) is 11.8 Å². The summed E-state index contributed by atoms with van der Waals surface area (Å²) in [7, 11) is 1.42. The summed E-state index contributed by atoms with van der Waals surface area (Å²) >= 11 is 1.55. The van der Waals surface area contributed by atoms with Gasteiger partial charge in [-0.1, -0.05) is 6.92 Å². The lowest BCUT2D eigenvalue weighted by Gasteiger charge is -2.14. The number of nitrogens with zero attached hydrogens (tertiary/aromatic N) is 2. The second-order valence-electron chi connectivity index (χ2n) is 5.29. The number of anilines is 1. The molecule has 2 N–H and O–H groups in total. The van der Waals surface area contributed by atoms with E-state index in [0.29, 0.717) is 29.6 Å². The number of esters is 1. The van der Waals surface area contributed by atoms with Gasteiger partial charge in [0.25, 0.3) is 0 Å². The SMILES string of the molecule is CCCOc1ncnc(SCC2(CC(=O)OC)CC2)c1N. The van der Waals surface area contributed by atoms with E-state index in [9.17, 15) is 4.79 Å². The molecule has 1 aliphatic rings. The lowest BCUT2D eigenvalue weighted by atomic mass is 10.1. The molecule has 0 amide bonds. The zero-order chi connectivity index (χ0) is 15.3. The third kappa shape index (κ3) is 4.23. The summed E-state index contributed by atoms with van der Waals surface area (Å²) in [5, 5.41) is 0.715. The molecule has 0 aromatic carbocycles. The zero-order valence-electron chi connectivity index (χ0n) is 12.4. The van der Waals surface area contributed by atoms with Gasteiger partial charge in [-0.15, -0.1) is 11.8 Å². The number of hydrogen-bond donors (Lipinski definition) is 1. The number of rotatable bonds is 8. The molecule has 0 bridgehead atoms. The third-order valence-corrected chi connectivity index (χ3v) is 4.83. The molecule has 2 rings (SSSR count). The Balaban J connectivity index is 1.95. The summed E-state index contributed by atoms with van der Waals surface area (Å²) < 4.78 is 10.2. The van der Waals surface area contributed by atoms with Crippen molar-refractivity contribution in [3.8, 4) is 5.88 Å². The molecule has 7 heteroatoms. The molecule has 1 heterocycles. The molecule has 0 radical (unpaired) electrons. The Bertz CT molecular complexity index is 506. The van der Waals surface area contributed by atoms with Crippen LogP contribution in [0.5, 0.6) is 5.88 Å². The monoisotopic (exact) mass is 311 g/mol. The Labute approximate surface area is 128 Å². The number of nitrogen functional groups attached to an aromatic ring is 1. The fraction of sp³-hybridized carbons (Fsp3) is 0.643. The summed E-state index contributed by atoms with van der Waals surface area (Å²) in [5.41, 5.74) is 6.56. The number of methoxy groups -OCH3 is 1. The third-order valence-electron chi connectivity index (χ3n) is 3.47. The van der Waals surface area contributed by atoms with E-state index in [2.05, 4.69) is 9.97 Å². The molecule has 0 aliphatic heterocycles. The summed E-state index contributed by atoms with van der Waals surface area (Å²) in [4.78, 5) is 19.7. The van der Waals surface area contributed by atoms with E-state index in [0.717, 1.165) is 25.0 Å². The maximum atomic E-state index is 11.4. The van der Waals surface area contributed by atoms with Crippen molar-refractivity contribution in [3.63, 3.8) is 0 Å². The van der Waals surface area contributed by atoms with Crippen LogP contribution < -0.4 is 10.5 Å². The summed E-state index contributed by atoms with van der Waals surface area (Å²) in [6, 6.07) is 0. The van der Waals surface area contributed by atoms with Crippen LogP contribution in [0.15, 0.2) is 11.4 Å². The molecular formula is C14H21N3O3S. The second kappa shape index (κ2) is 6.98. The maximum Gasteiger partial charge on any atom is 0.306 e. The quantitative estimate of drug-likeness (QED) is 0.447. The Morgan fingerprint density at radius 3 is 2.86 bits per heavy atom. The van der Waals surface area contributed by atoms with Gasteiger partial charge in [0.15, 0.2) is 0 Å². The van der Waals surface area contributed by atoms with Crippen molar-refractivity contribution in [2.75, 3.05) is 25.2 Å². The molecule has 116 valence electrons. The van der Waals surface area contributed by atoms with Gasteiger partial charge in [-0.3, -0.25) is 4.79 Å². The highest BCUT2D eigenvalue weighted by Gasteiger charge is 2.44. The van der Waals surface area contributed by atoms with Crippen LogP contribution in [0.4, 0.5) is 5.69 Å². The van der Waals surface area contributed by atoms with E-state index in [4.69, 9.17) is 15.2 Å². The van der Waals surface area contributed by atoms with Crippen LogP contribution in [0.2, 0.25) is 0 Å². The summed E-state index contributed by atoms with van der Waals surface area (Å²) in [5.74, 6) is 1.08. The molecule has 0 unspecified atom stereocenters. The first-order chi connectivity index (χ1) is 10.1. The maximum absolute atomic E-state index is 11.4. The molecule has 0 saturated heterocycles. The number of ether oxygens (including phenoxy) is 2. The van der Waals surface area contributed by atoms with Crippen molar-refractivity contribution in [1.29, 1.82) is 0 Å². The Kier molecular flexibility index (Phi) is 5.27. The molecular weight excluding hydrogens is 290 g/mol. The first-order valence-corrected chi connectivity index (χ1v) is 8.01. The molecule has 21 heavy (non-hydrogen) atoms. The van der Waals surface area contributed by atoms with Crippen molar-refractivity contribution in [1.82, 2.24) is 9.97 Å². The topological polar surface area (TPSA) is 87.3 Å². The lowest BCUT2D eigenvalue weighted by molar-refractivity contribution is -0.141. The van der Waals surface area contributed by atoms with Crippen molar-refractivity contribution in [2.45, 2.75) is 37.6 Å². The van der Waals surface area contributed by atoms with Gasteiger partial charge >= 0.3 is 5.97 Å². The van der Waals surface area contributed by atoms with Gasteiger partial charge in [0.1, 0.15) is 17.0 Å². The van der Waals surface area contributed by atoms with Crippen LogP contribution in [-0.4, -0.2) is 35.4 Å². The second-order valence-corrected chi connectivity index (χ2v) is 6.25. The van der Waals surface area contributed by atoms with Gasteiger partial charge in [-0.05, 0) is 24.7 Å². The average Bonchev–Trinajstić information content (AvgIpc) is 3.24. The predicted octanol–water partition coefficient (Wildman–Crippen LogP) is 2.28. The number of nitrogens with two attached hydrogens (primary N) is 1. The minimum atomic E-state index is -0.157. The molecule has 1 fully saturated rings. The Hall–Kier alpha value is -1.50. The van der Waals surface area contributed by atoms with Crippen LogP contribution >= 0.6 is 11.8 Å². The minimum absolute atomic E-state index is 0.0413. The van der Waals surface area contributed by atoms with Gasteiger partial charge in [0.05, 0.1) is 20.1 Å². The van der Waals surface area contributed by atoms with Crippen LogP contribution in [0, 0.1) is 5.41 Å². The van der Waals surface area contributed by atoms with E-state index in [-0.39, 0.29) is 11.4 Å². The highest BCUT2D eigenvalue weighted by molar-refractivity contribution is 7.99. The van der Waals surface area contributed by atoms with Gasteiger partial charge in [-0.25, -0.2) is 4.98 Å². The normalized spacial score (nSPS) is 15.5. The Morgan fingerprint density at radius 2 is 2.24 bits per heavy atom. The number of hydrogen-bond acceptors (Lipinski definition) is 7. The molecule has 0 spiro atoms. The molecule has 0 atom stereocenters. The highest BCUT2D eigenvalue weighted by atomic mass is 32.2.